The molecule has 0 spiro atoms. The molecule has 0 aliphatic carbocycles. The van der Waals surface area contributed by atoms with E-state index in [1.165, 1.54) is 12.1 Å². The number of nitrogens with two attached hydrogens (primary N) is 1. The topological polar surface area (TPSA) is 93.5 Å². The third-order valence-electron chi connectivity index (χ3n) is 3.57. The Kier molecular flexibility index (Phi) is 3.43. The van der Waals surface area contributed by atoms with Crippen LogP contribution in [0.25, 0.3) is 16.8 Å². The second-order valence-corrected chi connectivity index (χ2v) is 5.14. The second kappa shape index (κ2) is 5.22. The van der Waals surface area contributed by atoms with Gasteiger partial charge in [-0.3, -0.25) is 0 Å². The second-order valence-electron chi connectivity index (χ2n) is 5.14. The van der Waals surface area contributed by atoms with Crippen molar-refractivity contribution in [2.24, 2.45) is 0 Å². The molecule has 6 nitrogen and oxygen atoms in total. The fourth-order valence-electron chi connectivity index (χ4n) is 2.46. The standard InChI is InChI=1S/C15H11F3N4O2/c1-7-11(8-3-2-4-9(5-8)15(16,17)18)13-20-6-10(14(23)24)12(19)22(13)21-7/h2-6H,19H2,1H3,(H,23,24). The summed E-state index contributed by atoms with van der Waals surface area (Å²) in [5.74, 6) is -1.41. The number of halogens is 3. The van der Waals surface area contributed by atoms with Crippen molar-refractivity contribution < 1.29 is 23.1 Å². The number of nitrogens with zero attached hydrogens (tertiary/aromatic N) is 3. The number of aromatic nitrogens is 3. The summed E-state index contributed by atoms with van der Waals surface area (Å²) < 4.78 is 39.8. The minimum absolute atomic E-state index is 0.145. The van der Waals surface area contributed by atoms with Gasteiger partial charge in [-0.2, -0.15) is 22.8 Å². The van der Waals surface area contributed by atoms with Crippen LogP contribution < -0.4 is 5.73 Å². The molecule has 0 saturated carbocycles. The van der Waals surface area contributed by atoms with Crippen molar-refractivity contribution in [1.82, 2.24) is 14.6 Å². The molecule has 0 saturated heterocycles. The summed E-state index contributed by atoms with van der Waals surface area (Å²) >= 11 is 0. The van der Waals surface area contributed by atoms with Crippen LogP contribution >= 0.6 is 0 Å². The number of aromatic carboxylic acids is 1. The van der Waals surface area contributed by atoms with Gasteiger partial charge in [0.2, 0.25) is 0 Å². The van der Waals surface area contributed by atoms with Gasteiger partial charge >= 0.3 is 12.1 Å². The molecule has 9 heteroatoms. The first-order valence-corrected chi connectivity index (χ1v) is 6.75. The molecule has 0 fully saturated rings. The first-order valence-electron chi connectivity index (χ1n) is 6.75. The number of carboxylic acids is 1. The van der Waals surface area contributed by atoms with E-state index < -0.39 is 17.7 Å². The summed E-state index contributed by atoms with van der Waals surface area (Å²) in [4.78, 5) is 15.1. The highest BCUT2D eigenvalue weighted by molar-refractivity contribution is 5.93. The summed E-state index contributed by atoms with van der Waals surface area (Å²) in [6.45, 7) is 1.59. The number of anilines is 1. The normalized spacial score (nSPS) is 11.8. The fourth-order valence-corrected chi connectivity index (χ4v) is 2.46. The van der Waals surface area contributed by atoms with Gasteiger partial charge in [-0.15, -0.1) is 0 Å². The summed E-state index contributed by atoms with van der Waals surface area (Å²) in [6.07, 6.45) is -3.42. The van der Waals surface area contributed by atoms with E-state index in [2.05, 4.69) is 10.1 Å². The highest BCUT2D eigenvalue weighted by atomic mass is 19.4. The van der Waals surface area contributed by atoms with E-state index >= 15 is 0 Å². The molecule has 0 aliphatic rings. The zero-order chi connectivity index (χ0) is 17.6. The van der Waals surface area contributed by atoms with Crippen molar-refractivity contribution >= 4 is 17.4 Å². The number of nitrogen functional groups attached to an aromatic ring is 1. The molecule has 0 unspecified atom stereocenters. The van der Waals surface area contributed by atoms with E-state index in [1.807, 2.05) is 0 Å². The van der Waals surface area contributed by atoms with Crippen molar-refractivity contribution in [2.75, 3.05) is 5.73 Å². The number of alkyl halides is 3. The van der Waals surface area contributed by atoms with Gasteiger partial charge in [0.05, 0.1) is 11.3 Å². The minimum Gasteiger partial charge on any atom is -0.477 e. The van der Waals surface area contributed by atoms with Crippen LogP contribution in [0.1, 0.15) is 21.6 Å². The highest BCUT2D eigenvalue weighted by Crippen LogP contribution is 2.34. The van der Waals surface area contributed by atoms with Crippen LogP contribution in [0, 0.1) is 6.92 Å². The summed E-state index contributed by atoms with van der Waals surface area (Å²) in [7, 11) is 0. The Labute approximate surface area is 133 Å². The molecule has 24 heavy (non-hydrogen) atoms. The molecule has 3 rings (SSSR count). The quantitative estimate of drug-likeness (QED) is 0.750. The van der Waals surface area contributed by atoms with Crippen LogP contribution in [-0.2, 0) is 6.18 Å². The van der Waals surface area contributed by atoms with Gasteiger partial charge in [-0.05, 0) is 24.6 Å². The SMILES string of the molecule is Cc1nn2c(N)c(C(=O)O)cnc2c1-c1cccc(C(F)(F)F)c1. The Bertz CT molecular complexity index is 963. The van der Waals surface area contributed by atoms with Crippen molar-refractivity contribution in [3.8, 4) is 11.1 Å². The lowest BCUT2D eigenvalue weighted by Crippen LogP contribution is -2.09. The third-order valence-corrected chi connectivity index (χ3v) is 3.57. The number of hydrogen-bond donors (Lipinski definition) is 2. The Balaban J connectivity index is 2.26. The van der Waals surface area contributed by atoms with Crippen LogP contribution in [0.5, 0.6) is 0 Å². The average molecular weight is 336 g/mol. The number of hydrogen-bond acceptors (Lipinski definition) is 4. The first kappa shape index (κ1) is 15.8. The van der Waals surface area contributed by atoms with Crippen molar-refractivity contribution in [3.63, 3.8) is 0 Å². The molecule has 2 heterocycles. The molecule has 3 N–H and O–H groups in total. The van der Waals surface area contributed by atoms with Gasteiger partial charge in [0.25, 0.3) is 0 Å². The number of aryl methyl sites for hydroxylation is 1. The van der Waals surface area contributed by atoms with Gasteiger partial charge in [0.15, 0.2) is 5.65 Å². The van der Waals surface area contributed by atoms with E-state index in [1.54, 1.807) is 6.92 Å². The smallest absolute Gasteiger partial charge is 0.416 e. The first-order chi connectivity index (χ1) is 11.2. The van der Waals surface area contributed by atoms with E-state index in [0.29, 0.717) is 11.3 Å². The van der Waals surface area contributed by atoms with Crippen LogP contribution in [0.15, 0.2) is 30.5 Å². The lowest BCUT2D eigenvalue weighted by molar-refractivity contribution is -0.137. The fraction of sp³-hybridized carbons (Fsp3) is 0.133. The molecular weight excluding hydrogens is 325 g/mol. The maximum Gasteiger partial charge on any atom is 0.416 e. The summed E-state index contributed by atoms with van der Waals surface area (Å²) in [5.41, 5.74) is 5.96. The lowest BCUT2D eigenvalue weighted by Gasteiger charge is -2.08. The van der Waals surface area contributed by atoms with Crippen molar-refractivity contribution in [1.29, 1.82) is 0 Å². The number of fused-ring (bicyclic) bond motifs is 1. The number of rotatable bonds is 2. The van der Waals surface area contributed by atoms with E-state index in [4.69, 9.17) is 10.8 Å². The van der Waals surface area contributed by atoms with Crippen molar-refractivity contribution in [3.05, 3.63) is 47.3 Å². The third kappa shape index (κ3) is 2.43. The van der Waals surface area contributed by atoms with Gasteiger partial charge in [-0.25, -0.2) is 9.78 Å². The van der Waals surface area contributed by atoms with Crippen LogP contribution in [0.2, 0.25) is 0 Å². The maximum atomic E-state index is 12.9. The van der Waals surface area contributed by atoms with Crippen LogP contribution in [0.4, 0.5) is 19.0 Å². The largest absolute Gasteiger partial charge is 0.477 e. The van der Waals surface area contributed by atoms with E-state index in [-0.39, 0.29) is 22.6 Å². The molecule has 0 radical (unpaired) electrons. The Morgan fingerprint density at radius 2 is 2.04 bits per heavy atom. The molecular formula is C15H11F3N4O2. The van der Waals surface area contributed by atoms with Gasteiger partial charge < -0.3 is 10.8 Å². The van der Waals surface area contributed by atoms with Crippen molar-refractivity contribution in [2.45, 2.75) is 13.1 Å². The summed E-state index contributed by atoms with van der Waals surface area (Å²) in [5, 5.41) is 13.2. The highest BCUT2D eigenvalue weighted by Gasteiger charge is 2.31. The van der Waals surface area contributed by atoms with Crippen LogP contribution in [-0.4, -0.2) is 25.7 Å². The molecule has 0 aliphatic heterocycles. The van der Waals surface area contributed by atoms with Crippen LogP contribution in [0.3, 0.4) is 0 Å². The zero-order valence-corrected chi connectivity index (χ0v) is 12.3. The predicted molar refractivity (Wildman–Crippen MR) is 79.5 cm³/mol. The predicted octanol–water partition coefficient (Wildman–Crippen LogP) is 3.00. The lowest BCUT2D eigenvalue weighted by atomic mass is 10.0. The molecule has 0 bridgehead atoms. The van der Waals surface area contributed by atoms with E-state index in [9.17, 15) is 18.0 Å². The van der Waals surface area contributed by atoms with E-state index in [0.717, 1.165) is 22.8 Å². The average Bonchev–Trinajstić information content (AvgIpc) is 2.83. The Hall–Kier alpha value is -3.10. The Morgan fingerprint density at radius 3 is 2.67 bits per heavy atom. The molecule has 3 aromatic rings. The molecule has 0 atom stereocenters. The number of carboxylic acid groups (broad SMARTS) is 1. The monoisotopic (exact) mass is 336 g/mol. The maximum absolute atomic E-state index is 12.9. The Morgan fingerprint density at radius 1 is 1.33 bits per heavy atom. The van der Waals surface area contributed by atoms with Gasteiger partial charge in [0, 0.05) is 11.8 Å². The zero-order valence-electron chi connectivity index (χ0n) is 12.3. The molecule has 0 amide bonds. The molecule has 124 valence electrons. The molecule has 1 aromatic carbocycles. The number of benzene rings is 1. The molecule has 2 aromatic heterocycles. The minimum atomic E-state index is -4.48. The summed E-state index contributed by atoms with van der Waals surface area (Å²) in [6, 6.07) is 4.75. The van der Waals surface area contributed by atoms with Gasteiger partial charge in [-0.1, -0.05) is 12.1 Å². The van der Waals surface area contributed by atoms with Gasteiger partial charge in [0.1, 0.15) is 11.4 Å². The number of carbonyl (C=O) groups is 1.